The molecule has 3 rings (SSSR count). The second-order valence-corrected chi connectivity index (χ2v) is 5.64. The van der Waals surface area contributed by atoms with E-state index >= 15 is 0 Å². The third-order valence-electron chi connectivity index (χ3n) is 3.96. The maximum absolute atomic E-state index is 12.1. The van der Waals surface area contributed by atoms with Crippen LogP contribution >= 0.6 is 0 Å². The number of hydrogen-bond donors (Lipinski definition) is 0. The number of amides is 1. The van der Waals surface area contributed by atoms with E-state index in [1.54, 1.807) is 0 Å². The predicted octanol–water partition coefficient (Wildman–Crippen LogP) is 2.09. The van der Waals surface area contributed by atoms with Crippen molar-refractivity contribution in [2.24, 2.45) is 5.92 Å². The van der Waals surface area contributed by atoms with E-state index in [1.807, 2.05) is 35.2 Å². The average molecular weight is 275 g/mol. The van der Waals surface area contributed by atoms with Crippen molar-refractivity contribution in [1.82, 2.24) is 4.90 Å². The molecule has 0 aliphatic carbocycles. The molecule has 0 radical (unpaired) electrons. The summed E-state index contributed by atoms with van der Waals surface area (Å²) in [5.74, 6) is 1.53. The molecule has 1 amide bonds. The topological polar surface area (TPSA) is 38.8 Å². The highest BCUT2D eigenvalue weighted by molar-refractivity contribution is 5.77. The van der Waals surface area contributed by atoms with Crippen molar-refractivity contribution in [1.29, 1.82) is 0 Å². The Labute approximate surface area is 119 Å². The molecule has 1 unspecified atom stereocenters. The van der Waals surface area contributed by atoms with Gasteiger partial charge in [-0.25, -0.2) is 0 Å². The molecule has 2 aliphatic heterocycles. The molecule has 0 bridgehead atoms. The molecule has 20 heavy (non-hydrogen) atoms. The number of nitrogens with zero attached hydrogens (tertiary/aromatic N) is 1. The molecule has 108 valence electrons. The Morgan fingerprint density at radius 2 is 2.10 bits per heavy atom. The van der Waals surface area contributed by atoms with E-state index in [2.05, 4.69) is 0 Å². The molecule has 2 aliphatic rings. The van der Waals surface area contributed by atoms with Gasteiger partial charge in [0.2, 0.25) is 5.91 Å². The van der Waals surface area contributed by atoms with Crippen LogP contribution in [0.25, 0.3) is 0 Å². The van der Waals surface area contributed by atoms with E-state index in [4.69, 9.17) is 9.47 Å². The smallest absolute Gasteiger partial charge is 0.223 e. The lowest BCUT2D eigenvalue weighted by atomic mass is 9.97. The maximum atomic E-state index is 12.1. The van der Waals surface area contributed by atoms with Crippen molar-refractivity contribution in [3.8, 4) is 5.75 Å². The molecular weight excluding hydrogens is 254 g/mol. The molecule has 1 aromatic carbocycles. The van der Waals surface area contributed by atoms with Gasteiger partial charge in [0.15, 0.2) is 0 Å². The molecule has 1 aromatic rings. The highest BCUT2D eigenvalue weighted by Crippen LogP contribution is 2.22. The van der Waals surface area contributed by atoms with E-state index in [1.165, 1.54) is 0 Å². The van der Waals surface area contributed by atoms with Crippen LogP contribution in [-0.2, 0) is 9.53 Å². The van der Waals surface area contributed by atoms with Crippen molar-refractivity contribution in [3.05, 3.63) is 30.3 Å². The lowest BCUT2D eigenvalue weighted by molar-refractivity contribution is -0.142. The van der Waals surface area contributed by atoms with Gasteiger partial charge >= 0.3 is 0 Å². The van der Waals surface area contributed by atoms with Gasteiger partial charge in [-0.3, -0.25) is 4.79 Å². The van der Waals surface area contributed by atoms with Crippen LogP contribution in [0.15, 0.2) is 30.3 Å². The number of ether oxygens (including phenoxy) is 2. The monoisotopic (exact) mass is 275 g/mol. The van der Waals surface area contributed by atoms with Gasteiger partial charge in [0.1, 0.15) is 11.9 Å². The van der Waals surface area contributed by atoms with E-state index in [0.717, 1.165) is 31.8 Å². The van der Waals surface area contributed by atoms with Gasteiger partial charge in [-0.2, -0.15) is 0 Å². The van der Waals surface area contributed by atoms with Gasteiger partial charge in [-0.05, 0) is 30.9 Å². The summed E-state index contributed by atoms with van der Waals surface area (Å²) in [6.07, 6.45) is 2.96. The van der Waals surface area contributed by atoms with Gasteiger partial charge in [0.25, 0.3) is 0 Å². The summed E-state index contributed by atoms with van der Waals surface area (Å²) in [5.41, 5.74) is 0. The van der Waals surface area contributed by atoms with Crippen LogP contribution in [0, 0.1) is 5.92 Å². The fourth-order valence-corrected chi connectivity index (χ4v) is 2.75. The summed E-state index contributed by atoms with van der Waals surface area (Å²) in [6.45, 7) is 3.01. The highest BCUT2D eigenvalue weighted by atomic mass is 16.5. The Bertz CT molecular complexity index is 436. The van der Waals surface area contributed by atoms with Crippen LogP contribution in [-0.4, -0.2) is 43.2 Å². The Morgan fingerprint density at radius 1 is 1.30 bits per heavy atom. The van der Waals surface area contributed by atoms with E-state index in [0.29, 0.717) is 25.4 Å². The molecular formula is C16H21NO3. The Kier molecular flexibility index (Phi) is 4.21. The first kappa shape index (κ1) is 13.4. The number of hydrogen-bond acceptors (Lipinski definition) is 3. The van der Waals surface area contributed by atoms with Crippen molar-refractivity contribution < 1.29 is 14.3 Å². The number of para-hydroxylation sites is 1. The fourth-order valence-electron chi connectivity index (χ4n) is 2.75. The molecule has 4 heteroatoms. The summed E-state index contributed by atoms with van der Waals surface area (Å²) >= 11 is 0. The van der Waals surface area contributed by atoms with Crippen LogP contribution in [0.2, 0.25) is 0 Å². The molecule has 2 fully saturated rings. The summed E-state index contributed by atoms with van der Waals surface area (Å²) in [5, 5.41) is 0. The second-order valence-electron chi connectivity index (χ2n) is 5.64. The van der Waals surface area contributed by atoms with Gasteiger partial charge in [0.05, 0.1) is 13.1 Å². The maximum Gasteiger partial charge on any atom is 0.223 e. The summed E-state index contributed by atoms with van der Waals surface area (Å²) in [7, 11) is 0. The SMILES string of the molecule is O=C(CC1CCCOC1)N1CC(Oc2ccccc2)C1. The number of carbonyl (C=O) groups excluding carboxylic acids is 1. The number of rotatable bonds is 4. The van der Waals surface area contributed by atoms with Crippen LogP contribution in [0.4, 0.5) is 0 Å². The van der Waals surface area contributed by atoms with Crippen molar-refractivity contribution in [3.63, 3.8) is 0 Å². The van der Waals surface area contributed by atoms with Gasteiger partial charge < -0.3 is 14.4 Å². The predicted molar refractivity (Wildman–Crippen MR) is 75.6 cm³/mol. The van der Waals surface area contributed by atoms with Crippen molar-refractivity contribution in [2.75, 3.05) is 26.3 Å². The van der Waals surface area contributed by atoms with Gasteiger partial charge in [-0.1, -0.05) is 18.2 Å². The van der Waals surface area contributed by atoms with Crippen LogP contribution in [0.5, 0.6) is 5.75 Å². The minimum absolute atomic E-state index is 0.143. The number of likely N-dealkylation sites (tertiary alicyclic amines) is 1. The van der Waals surface area contributed by atoms with E-state index in [-0.39, 0.29) is 12.0 Å². The first-order chi connectivity index (χ1) is 9.81. The normalized spacial score (nSPS) is 23.2. The molecule has 1 atom stereocenters. The van der Waals surface area contributed by atoms with Crippen molar-refractivity contribution in [2.45, 2.75) is 25.4 Å². The summed E-state index contributed by atoms with van der Waals surface area (Å²) < 4.78 is 11.2. The Balaban J connectivity index is 1.40. The van der Waals surface area contributed by atoms with Gasteiger partial charge in [-0.15, -0.1) is 0 Å². The molecule has 2 saturated heterocycles. The standard InChI is InChI=1S/C16H21NO3/c18-16(9-13-5-4-8-19-12-13)17-10-15(11-17)20-14-6-2-1-3-7-14/h1-3,6-7,13,15H,4-5,8-12H2. The number of carbonyl (C=O) groups is 1. The van der Waals surface area contributed by atoms with Crippen LogP contribution in [0.3, 0.4) is 0 Å². The Hall–Kier alpha value is -1.55. The zero-order chi connectivity index (χ0) is 13.8. The quantitative estimate of drug-likeness (QED) is 0.844. The molecule has 0 N–H and O–H groups in total. The first-order valence-corrected chi connectivity index (χ1v) is 7.38. The lowest BCUT2D eigenvalue weighted by Gasteiger charge is -2.39. The van der Waals surface area contributed by atoms with Crippen LogP contribution in [0.1, 0.15) is 19.3 Å². The summed E-state index contributed by atoms with van der Waals surface area (Å²) in [6, 6.07) is 9.78. The van der Waals surface area contributed by atoms with E-state index < -0.39 is 0 Å². The summed E-state index contributed by atoms with van der Waals surface area (Å²) in [4.78, 5) is 14.0. The lowest BCUT2D eigenvalue weighted by Crippen LogP contribution is -2.56. The first-order valence-electron chi connectivity index (χ1n) is 7.38. The second kappa shape index (κ2) is 6.27. The zero-order valence-corrected chi connectivity index (χ0v) is 11.7. The minimum atomic E-state index is 0.143. The number of benzene rings is 1. The third kappa shape index (κ3) is 3.31. The molecule has 0 saturated carbocycles. The van der Waals surface area contributed by atoms with Gasteiger partial charge in [0, 0.05) is 19.6 Å². The molecule has 0 aromatic heterocycles. The molecule has 4 nitrogen and oxygen atoms in total. The zero-order valence-electron chi connectivity index (χ0n) is 11.7. The third-order valence-corrected chi connectivity index (χ3v) is 3.96. The fraction of sp³-hybridized carbons (Fsp3) is 0.562. The average Bonchev–Trinajstić information content (AvgIpc) is 2.44. The van der Waals surface area contributed by atoms with Crippen LogP contribution < -0.4 is 4.74 Å². The Morgan fingerprint density at radius 3 is 2.80 bits per heavy atom. The molecule has 0 spiro atoms. The van der Waals surface area contributed by atoms with E-state index in [9.17, 15) is 4.79 Å². The highest BCUT2D eigenvalue weighted by Gasteiger charge is 2.33. The van der Waals surface area contributed by atoms with Crippen molar-refractivity contribution >= 4 is 5.91 Å². The largest absolute Gasteiger partial charge is 0.487 e. The minimum Gasteiger partial charge on any atom is -0.487 e. The molecule has 2 heterocycles.